The van der Waals surface area contributed by atoms with Gasteiger partial charge in [0.05, 0.1) is 19.9 Å². The van der Waals surface area contributed by atoms with Crippen LogP contribution in [0.1, 0.15) is 12.5 Å². The Hall–Kier alpha value is -2.01. The lowest BCUT2D eigenvalue weighted by Gasteiger charge is -2.30. The molecule has 0 radical (unpaired) electrons. The van der Waals surface area contributed by atoms with Crippen LogP contribution in [0.15, 0.2) is 53.0 Å². The van der Waals surface area contributed by atoms with Crippen molar-refractivity contribution in [2.75, 3.05) is 19.5 Å². The zero-order valence-electron chi connectivity index (χ0n) is 12.7. The first-order valence-corrected chi connectivity index (χ1v) is 7.56. The Bertz CT molecular complexity index is 657. The maximum absolute atomic E-state index is 12.4. The number of hydrogen-bond donors (Lipinski definition) is 1. The van der Waals surface area contributed by atoms with Gasteiger partial charge in [-0.15, -0.1) is 0 Å². The summed E-state index contributed by atoms with van der Waals surface area (Å²) >= 11 is 3.40. The molecule has 2 aromatic rings. The average Bonchev–Trinajstić information content (AvgIpc) is 2.55. The third-order valence-corrected chi connectivity index (χ3v) is 4.04. The van der Waals surface area contributed by atoms with Gasteiger partial charge >= 0.3 is 5.97 Å². The lowest BCUT2D eigenvalue weighted by molar-refractivity contribution is -0.145. The molecule has 0 aliphatic carbocycles. The molecule has 0 fully saturated rings. The van der Waals surface area contributed by atoms with E-state index in [4.69, 9.17) is 9.47 Å². The number of anilines is 1. The summed E-state index contributed by atoms with van der Waals surface area (Å²) in [5.41, 5.74) is 0.499. The minimum Gasteiger partial charge on any atom is -0.495 e. The molecule has 1 atom stereocenters. The predicted octanol–water partition coefficient (Wildman–Crippen LogP) is 3.96. The van der Waals surface area contributed by atoms with E-state index in [9.17, 15) is 4.79 Å². The molecule has 0 bridgehead atoms. The lowest BCUT2D eigenvalue weighted by Crippen LogP contribution is -2.41. The Labute approximate surface area is 138 Å². The number of esters is 1. The Morgan fingerprint density at radius 3 is 2.32 bits per heavy atom. The molecule has 0 spiro atoms. The first kappa shape index (κ1) is 16.4. The van der Waals surface area contributed by atoms with Crippen molar-refractivity contribution in [2.24, 2.45) is 0 Å². The summed E-state index contributed by atoms with van der Waals surface area (Å²) in [5, 5.41) is 3.25. The van der Waals surface area contributed by atoms with E-state index < -0.39 is 5.54 Å². The predicted molar refractivity (Wildman–Crippen MR) is 90.1 cm³/mol. The van der Waals surface area contributed by atoms with Crippen LogP contribution in [0, 0.1) is 0 Å². The zero-order valence-corrected chi connectivity index (χ0v) is 14.3. The second kappa shape index (κ2) is 6.83. The fourth-order valence-corrected chi connectivity index (χ4v) is 2.51. The van der Waals surface area contributed by atoms with Gasteiger partial charge in [-0.2, -0.15) is 0 Å². The maximum atomic E-state index is 12.4. The van der Waals surface area contributed by atoms with Crippen molar-refractivity contribution in [1.82, 2.24) is 0 Å². The summed E-state index contributed by atoms with van der Waals surface area (Å²) in [7, 11) is 2.97. The van der Waals surface area contributed by atoms with Crippen LogP contribution < -0.4 is 10.1 Å². The molecular formula is C17H18BrNO3. The topological polar surface area (TPSA) is 47.6 Å². The number of ether oxygens (including phenoxy) is 2. The molecule has 22 heavy (non-hydrogen) atoms. The normalized spacial score (nSPS) is 13.1. The van der Waals surface area contributed by atoms with E-state index in [1.165, 1.54) is 7.11 Å². The summed E-state index contributed by atoms with van der Waals surface area (Å²) in [5.74, 6) is 0.287. The summed E-state index contributed by atoms with van der Waals surface area (Å²) in [6.45, 7) is 1.79. The number of para-hydroxylation sites is 2. The van der Waals surface area contributed by atoms with Crippen LogP contribution in [-0.2, 0) is 15.1 Å². The molecule has 0 aromatic heterocycles. The van der Waals surface area contributed by atoms with Crippen molar-refractivity contribution < 1.29 is 14.3 Å². The van der Waals surface area contributed by atoms with Crippen LogP contribution in [0.2, 0.25) is 0 Å². The molecule has 4 nitrogen and oxygen atoms in total. The number of rotatable bonds is 5. The smallest absolute Gasteiger partial charge is 0.335 e. The number of methoxy groups -OCH3 is 2. The molecule has 0 saturated carbocycles. The minimum absolute atomic E-state index is 0.374. The quantitative estimate of drug-likeness (QED) is 0.816. The van der Waals surface area contributed by atoms with Crippen LogP contribution in [-0.4, -0.2) is 20.2 Å². The van der Waals surface area contributed by atoms with Crippen molar-refractivity contribution in [3.8, 4) is 5.75 Å². The molecule has 0 heterocycles. The highest BCUT2D eigenvalue weighted by Gasteiger charge is 2.37. The van der Waals surface area contributed by atoms with Gasteiger partial charge in [-0.05, 0) is 36.8 Å². The molecule has 5 heteroatoms. The summed E-state index contributed by atoms with van der Waals surface area (Å²) in [6, 6.07) is 15.0. The third-order valence-electron chi connectivity index (χ3n) is 3.51. The van der Waals surface area contributed by atoms with Gasteiger partial charge in [-0.25, -0.2) is 4.79 Å². The van der Waals surface area contributed by atoms with Crippen molar-refractivity contribution in [1.29, 1.82) is 0 Å². The fourth-order valence-electron chi connectivity index (χ4n) is 2.25. The zero-order chi connectivity index (χ0) is 16.2. The highest BCUT2D eigenvalue weighted by Crippen LogP contribution is 2.33. The van der Waals surface area contributed by atoms with Crippen molar-refractivity contribution >= 4 is 27.6 Å². The van der Waals surface area contributed by atoms with Gasteiger partial charge in [0.25, 0.3) is 0 Å². The molecule has 2 aromatic carbocycles. The van der Waals surface area contributed by atoms with Gasteiger partial charge in [0.15, 0.2) is 5.54 Å². The first-order valence-electron chi connectivity index (χ1n) is 6.77. The molecule has 1 N–H and O–H groups in total. The standard InChI is InChI=1S/C17H18BrNO3/c1-17(16(20)22-3,12-8-10-13(18)11-9-12)19-14-6-4-5-7-15(14)21-2/h4-11,19H,1-3H3/t17-/m1/s1. The van der Waals surface area contributed by atoms with Crippen LogP contribution in [0.25, 0.3) is 0 Å². The average molecular weight is 364 g/mol. The van der Waals surface area contributed by atoms with Crippen molar-refractivity contribution in [2.45, 2.75) is 12.5 Å². The highest BCUT2D eigenvalue weighted by molar-refractivity contribution is 9.10. The Balaban J connectivity index is 2.46. The van der Waals surface area contributed by atoms with E-state index in [0.717, 1.165) is 15.7 Å². The molecule has 116 valence electrons. The van der Waals surface area contributed by atoms with Gasteiger partial charge in [-0.3, -0.25) is 0 Å². The van der Waals surface area contributed by atoms with Crippen LogP contribution in [0.3, 0.4) is 0 Å². The van der Waals surface area contributed by atoms with E-state index in [2.05, 4.69) is 21.2 Å². The lowest BCUT2D eigenvalue weighted by atomic mass is 9.91. The summed E-state index contributed by atoms with van der Waals surface area (Å²) < 4.78 is 11.3. The van der Waals surface area contributed by atoms with Crippen LogP contribution in [0.4, 0.5) is 5.69 Å². The van der Waals surface area contributed by atoms with Gasteiger partial charge in [0.2, 0.25) is 0 Å². The largest absolute Gasteiger partial charge is 0.495 e. The van der Waals surface area contributed by atoms with Gasteiger partial charge < -0.3 is 14.8 Å². The Kier molecular flexibility index (Phi) is 5.08. The number of carbonyl (C=O) groups excluding carboxylic acids is 1. The fraction of sp³-hybridized carbons (Fsp3) is 0.235. The molecule has 0 aliphatic heterocycles. The SMILES string of the molecule is COC(=O)[C@](C)(Nc1ccccc1OC)c1ccc(Br)cc1. The molecular weight excluding hydrogens is 346 g/mol. The number of halogens is 1. The number of benzene rings is 2. The van der Waals surface area contributed by atoms with E-state index in [0.29, 0.717) is 5.75 Å². The molecule has 2 rings (SSSR count). The van der Waals surface area contributed by atoms with E-state index in [1.807, 2.05) is 48.5 Å². The molecule has 0 unspecified atom stereocenters. The second-order valence-corrected chi connectivity index (χ2v) is 5.86. The molecule has 0 saturated heterocycles. The minimum atomic E-state index is -1.02. The van der Waals surface area contributed by atoms with E-state index >= 15 is 0 Å². The summed E-state index contributed by atoms with van der Waals surface area (Å²) in [4.78, 5) is 12.4. The van der Waals surface area contributed by atoms with E-state index in [1.54, 1.807) is 14.0 Å². The van der Waals surface area contributed by atoms with Crippen LogP contribution in [0.5, 0.6) is 5.75 Å². The van der Waals surface area contributed by atoms with Crippen molar-refractivity contribution in [3.05, 3.63) is 58.6 Å². The number of carbonyl (C=O) groups is 1. The van der Waals surface area contributed by atoms with Crippen LogP contribution >= 0.6 is 15.9 Å². The second-order valence-electron chi connectivity index (χ2n) is 4.95. The van der Waals surface area contributed by atoms with Crippen molar-refractivity contribution in [3.63, 3.8) is 0 Å². The van der Waals surface area contributed by atoms with Gasteiger partial charge in [0, 0.05) is 4.47 Å². The first-order chi connectivity index (χ1) is 10.5. The Morgan fingerprint density at radius 1 is 1.09 bits per heavy atom. The van der Waals surface area contributed by atoms with E-state index in [-0.39, 0.29) is 5.97 Å². The highest BCUT2D eigenvalue weighted by atomic mass is 79.9. The van der Waals surface area contributed by atoms with Gasteiger partial charge in [0.1, 0.15) is 5.75 Å². The monoisotopic (exact) mass is 363 g/mol. The number of nitrogens with one attached hydrogen (secondary N) is 1. The molecule has 0 aliphatic rings. The summed E-state index contributed by atoms with van der Waals surface area (Å²) in [6.07, 6.45) is 0. The maximum Gasteiger partial charge on any atom is 0.335 e. The number of hydrogen-bond acceptors (Lipinski definition) is 4. The molecule has 0 amide bonds. The van der Waals surface area contributed by atoms with Gasteiger partial charge in [-0.1, -0.05) is 40.2 Å². The Morgan fingerprint density at radius 2 is 1.73 bits per heavy atom. The third kappa shape index (κ3) is 3.25.